The fourth-order valence-electron chi connectivity index (χ4n) is 2.91. The Balaban J connectivity index is 1.56. The SMILES string of the molecule is C[C@H]1CC(=O)c2cnc(NC(=O)c3ccc4c(c3)OCO4)nc2C1. The van der Waals surface area contributed by atoms with E-state index in [-0.39, 0.29) is 30.3 Å². The number of nitrogens with zero attached hydrogens (tertiary/aromatic N) is 2. The van der Waals surface area contributed by atoms with Gasteiger partial charge in [0.25, 0.3) is 5.91 Å². The highest BCUT2D eigenvalue weighted by atomic mass is 16.7. The van der Waals surface area contributed by atoms with E-state index in [1.807, 2.05) is 6.92 Å². The molecule has 122 valence electrons. The van der Waals surface area contributed by atoms with Crippen LogP contribution in [-0.4, -0.2) is 28.5 Å². The zero-order valence-corrected chi connectivity index (χ0v) is 13.0. The van der Waals surface area contributed by atoms with Crippen molar-refractivity contribution >= 4 is 17.6 Å². The summed E-state index contributed by atoms with van der Waals surface area (Å²) in [6.07, 6.45) is 2.71. The molecule has 0 spiro atoms. The topological polar surface area (TPSA) is 90.4 Å². The van der Waals surface area contributed by atoms with E-state index in [1.165, 1.54) is 6.20 Å². The lowest BCUT2D eigenvalue weighted by atomic mass is 9.88. The van der Waals surface area contributed by atoms with Crippen molar-refractivity contribution in [3.05, 3.63) is 41.2 Å². The highest BCUT2D eigenvalue weighted by Gasteiger charge is 2.24. The predicted octanol–water partition coefficient (Wildman–Crippen LogP) is 2.22. The summed E-state index contributed by atoms with van der Waals surface area (Å²) >= 11 is 0. The largest absolute Gasteiger partial charge is 0.454 e. The molecule has 7 heteroatoms. The number of carbonyl (C=O) groups is 2. The van der Waals surface area contributed by atoms with E-state index in [0.717, 1.165) is 0 Å². The summed E-state index contributed by atoms with van der Waals surface area (Å²) in [6.45, 7) is 2.16. The van der Waals surface area contributed by atoms with Crippen LogP contribution in [0.25, 0.3) is 0 Å². The molecule has 0 bridgehead atoms. The molecule has 2 heterocycles. The minimum Gasteiger partial charge on any atom is -0.454 e. The molecule has 0 saturated heterocycles. The molecular weight excluding hydrogens is 310 g/mol. The smallest absolute Gasteiger partial charge is 0.258 e. The third-order valence-electron chi connectivity index (χ3n) is 4.10. The zero-order valence-electron chi connectivity index (χ0n) is 13.0. The van der Waals surface area contributed by atoms with Gasteiger partial charge in [0.15, 0.2) is 17.3 Å². The number of Topliss-reactive ketones (excluding diaryl/α,β-unsaturated/α-hetero) is 1. The standard InChI is InChI=1S/C17H15N3O4/c1-9-4-12-11(13(21)5-9)7-18-17(19-12)20-16(22)10-2-3-14-15(6-10)24-8-23-14/h2-3,6-7,9H,4-5,8H2,1H3,(H,18,19,20,22)/t9-/m1/s1. The van der Waals surface area contributed by atoms with E-state index in [1.54, 1.807) is 18.2 Å². The second kappa shape index (κ2) is 5.59. The van der Waals surface area contributed by atoms with Gasteiger partial charge in [-0.1, -0.05) is 6.92 Å². The Morgan fingerprint density at radius 3 is 2.96 bits per heavy atom. The third-order valence-corrected chi connectivity index (χ3v) is 4.10. The van der Waals surface area contributed by atoms with Crippen molar-refractivity contribution in [2.24, 2.45) is 5.92 Å². The van der Waals surface area contributed by atoms with Gasteiger partial charge < -0.3 is 9.47 Å². The van der Waals surface area contributed by atoms with Crippen molar-refractivity contribution in [3.63, 3.8) is 0 Å². The molecule has 7 nitrogen and oxygen atoms in total. The molecule has 0 fully saturated rings. The van der Waals surface area contributed by atoms with Crippen molar-refractivity contribution in [2.45, 2.75) is 19.8 Å². The van der Waals surface area contributed by atoms with Crippen LogP contribution in [0.2, 0.25) is 0 Å². The van der Waals surface area contributed by atoms with Crippen molar-refractivity contribution < 1.29 is 19.1 Å². The number of amides is 1. The van der Waals surface area contributed by atoms with Crippen LogP contribution in [0, 0.1) is 5.92 Å². The Morgan fingerprint density at radius 1 is 1.25 bits per heavy atom. The summed E-state index contributed by atoms with van der Waals surface area (Å²) in [5, 5.41) is 2.66. The van der Waals surface area contributed by atoms with Crippen molar-refractivity contribution in [1.82, 2.24) is 9.97 Å². The van der Waals surface area contributed by atoms with Crippen molar-refractivity contribution in [3.8, 4) is 11.5 Å². The van der Waals surface area contributed by atoms with Crippen molar-refractivity contribution in [2.75, 3.05) is 12.1 Å². The Kier molecular flexibility index (Phi) is 3.41. The summed E-state index contributed by atoms with van der Waals surface area (Å²) in [5.74, 6) is 1.30. The van der Waals surface area contributed by atoms with Crippen LogP contribution >= 0.6 is 0 Å². The quantitative estimate of drug-likeness (QED) is 0.910. The summed E-state index contributed by atoms with van der Waals surface area (Å²) in [4.78, 5) is 32.7. The lowest BCUT2D eigenvalue weighted by Gasteiger charge is -2.19. The van der Waals surface area contributed by atoms with Gasteiger partial charge in [-0.15, -0.1) is 0 Å². The summed E-state index contributed by atoms with van der Waals surface area (Å²) < 4.78 is 10.5. The number of hydrogen-bond acceptors (Lipinski definition) is 6. The molecule has 4 rings (SSSR count). The van der Waals surface area contributed by atoms with Crippen LogP contribution < -0.4 is 14.8 Å². The molecule has 1 aliphatic carbocycles. The molecule has 0 radical (unpaired) electrons. The van der Waals surface area contributed by atoms with Crippen LogP contribution in [0.5, 0.6) is 11.5 Å². The molecule has 1 atom stereocenters. The first-order valence-corrected chi connectivity index (χ1v) is 7.70. The Morgan fingerprint density at radius 2 is 2.08 bits per heavy atom. The minimum atomic E-state index is -0.344. The molecule has 2 aliphatic rings. The number of aromatic nitrogens is 2. The lowest BCUT2D eigenvalue weighted by Crippen LogP contribution is -2.22. The van der Waals surface area contributed by atoms with Gasteiger partial charge in [0.05, 0.1) is 11.3 Å². The third kappa shape index (κ3) is 2.58. The predicted molar refractivity (Wildman–Crippen MR) is 84.4 cm³/mol. The number of fused-ring (bicyclic) bond motifs is 2. The molecule has 1 N–H and O–H groups in total. The molecule has 0 saturated carbocycles. The second-order valence-electron chi connectivity index (χ2n) is 6.01. The molecule has 1 aliphatic heterocycles. The second-order valence-corrected chi connectivity index (χ2v) is 6.01. The summed E-state index contributed by atoms with van der Waals surface area (Å²) in [7, 11) is 0. The Hall–Kier alpha value is -2.96. The Labute approximate surface area is 138 Å². The van der Waals surface area contributed by atoms with E-state index >= 15 is 0 Å². The van der Waals surface area contributed by atoms with Crippen LogP contribution in [0.3, 0.4) is 0 Å². The fourth-order valence-corrected chi connectivity index (χ4v) is 2.91. The number of nitrogens with one attached hydrogen (secondary N) is 1. The Bertz CT molecular complexity index is 850. The molecule has 2 aromatic rings. The minimum absolute atomic E-state index is 0.0531. The highest BCUT2D eigenvalue weighted by molar-refractivity contribution is 6.04. The summed E-state index contributed by atoms with van der Waals surface area (Å²) in [5.41, 5.74) is 1.66. The van der Waals surface area contributed by atoms with E-state index < -0.39 is 0 Å². The number of rotatable bonds is 2. The van der Waals surface area contributed by atoms with E-state index in [4.69, 9.17) is 9.47 Å². The van der Waals surface area contributed by atoms with Gasteiger partial charge in [-0.05, 0) is 30.5 Å². The van der Waals surface area contributed by atoms with Gasteiger partial charge in [-0.3, -0.25) is 14.9 Å². The van der Waals surface area contributed by atoms with Crippen LogP contribution in [0.4, 0.5) is 5.95 Å². The summed E-state index contributed by atoms with van der Waals surface area (Å²) in [6, 6.07) is 4.94. The van der Waals surface area contributed by atoms with Crippen LogP contribution in [0.15, 0.2) is 24.4 Å². The maximum absolute atomic E-state index is 12.4. The monoisotopic (exact) mass is 325 g/mol. The zero-order chi connectivity index (χ0) is 16.7. The maximum Gasteiger partial charge on any atom is 0.258 e. The molecular formula is C17H15N3O4. The first kappa shape index (κ1) is 14.6. The molecule has 1 aromatic carbocycles. The molecule has 24 heavy (non-hydrogen) atoms. The average molecular weight is 325 g/mol. The van der Waals surface area contributed by atoms with Gasteiger partial charge in [-0.25, -0.2) is 9.97 Å². The average Bonchev–Trinajstić information content (AvgIpc) is 3.01. The van der Waals surface area contributed by atoms with E-state index in [2.05, 4.69) is 15.3 Å². The van der Waals surface area contributed by atoms with Gasteiger partial charge >= 0.3 is 0 Å². The number of anilines is 1. The van der Waals surface area contributed by atoms with Gasteiger partial charge in [-0.2, -0.15) is 0 Å². The highest BCUT2D eigenvalue weighted by Crippen LogP contribution is 2.32. The van der Waals surface area contributed by atoms with E-state index in [0.29, 0.717) is 41.2 Å². The van der Waals surface area contributed by atoms with Crippen LogP contribution in [-0.2, 0) is 6.42 Å². The lowest BCUT2D eigenvalue weighted by molar-refractivity contribution is 0.0951. The van der Waals surface area contributed by atoms with Gasteiger partial charge in [0, 0.05) is 18.2 Å². The van der Waals surface area contributed by atoms with Crippen LogP contribution in [0.1, 0.15) is 39.8 Å². The van der Waals surface area contributed by atoms with Crippen molar-refractivity contribution in [1.29, 1.82) is 0 Å². The first-order chi connectivity index (χ1) is 11.6. The fraction of sp³-hybridized carbons (Fsp3) is 0.294. The molecule has 1 aromatic heterocycles. The molecule has 0 unspecified atom stereocenters. The molecule has 1 amide bonds. The first-order valence-electron chi connectivity index (χ1n) is 7.70. The van der Waals surface area contributed by atoms with E-state index in [9.17, 15) is 9.59 Å². The number of benzene rings is 1. The van der Waals surface area contributed by atoms with Gasteiger partial charge in [0.1, 0.15) is 0 Å². The number of hydrogen-bond donors (Lipinski definition) is 1. The number of ketones is 1. The number of ether oxygens (including phenoxy) is 2. The normalized spacial score (nSPS) is 18.2. The maximum atomic E-state index is 12.4. The number of carbonyl (C=O) groups excluding carboxylic acids is 2. The van der Waals surface area contributed by atoms with Gasteiger partial charge in [0.2, 0.25) is 12.7 Å².